The van der Waals surface area contributed by atoms with E-state index in [0.29, 0.717) is 58.8 Å². The van der Waals surface area contributed by atoms with Crippen LogP contribution in [-0.4, -0.2) is 49.9 Å². The number of imidazole rings is 1. The lowest BCUT2D eigenvalue weighted by atomic mass is 9.96. The fourth-order valence-corrected chi connectivity index (χ4v) is 5.88. The Morgan fingerprint density at radius 1 is 1.11 bits per heavy atom. The SMILES string of the molecule is Cc1c(-c2cccc(N(Cl)C(=O)c3nc4c(n3C)CCN(C(=O)OC(C)(C)C)C4)c2)cccc1-c1nc2cc(C=O)cc(C#N)c2o1. The van der Waals surface area contributed by atoms with Gasteiger partial charge in [0.15, 0.2) is 5.58 Å². The summed E-state index contributed by atoms with van der Waals surface area (Å²) in [7, 11) is 1.77. The van der Waals surface area contributed by atoms with Gasteiger partial charge in [-0.25, -0.2) is 19.2 Å². The van der Waals surface area contributed by atoms with Crippen LogP contribution < -0.4 is 4.42 Å². The van der Waals surface area contributed by atoms with Crippen LogP contribution in [0.5, 0.6) is 0 Å². The summed E-state index contributed by atoms with van der Waals surface area (Å²) in [5, 5.41) is 9.57. The van der Waals surface area contributed by atoms with Gasteiger partial charge in [0, 0.05) is 48.6 Å². The van der Waals surface area contributed by atoms with Crippen molar-refractivity contribution in [2.24, 2.45) is 7.05 Å². The van der Waals surface area contributed by atoms with Crippen LogP contribution in [0.15, 0.2) is 59.0 Å². The average Bonchev–Trinajstić information content (AvgIpc) is 3.63. The second-order valence-corrected chi connectivity index (χ2v) is 12.7. The molecule has 5 aromatic rings. The standard InChI is InChI=1S/C35H31ClN6O5/c1-20-25(10-7-11-26(20)32-39-27-15-21(19-43)14-23(17-37)30(27)46-32)22-8-6-9-24(16-22)42(36)33(44)31-38-28-18-41(13-12-29(28)40(31)5)34(45)47-35(2,3)4/h6-11,14-16,19H,12-13,18H2,1-5H3. The molecule has 11 nitrogen and oxygen atoms in total. The third-order valence-corrected chi connectivity index (χ3v) is 8.34. The van der Waals surface area contributed by atoms with Gasteiger partial charge in [0.25, 0.3) is 0 Å². The van der Waals surface area contributed by atoms with Crippen LogP contribution in [0.3, 0.4) is 0 Å². The van der Waals surface area contributed by atoms with E-state index in [9.17, 15) is 19.6 Å². The molecule has 0 N–H and O–H groups in total. The molecule has 12 heteroatoms. The lowest BCUT2D eigenvalue weighted by Gasteiger charge is -2.29. The highest BCUT2D eigenvalue weighted by Gasteiger charge is 2.31. The Morgan fingerprint density at radius 2 is 1.85 bits per heavy atom. The van der Waals surface area contributed by atoms with E-state index in [4.69, 9.17) is 20.9 Å². The number of nitrogens with zero attached hydrogens (tertiary/aromatic N) is 6. The average molecular weight is 651 g/mol. The Balaban J connectivity index is 1.27. The van der Waals surface area contributed by atoms with Crippen molar-refractivity contribution in [1.29, 1.82) is 5.26 Å². The number of aromatic nitrogens is 3. The third-order valence-electron chi connectivity index (χ3n) is 7.99. The van der Waals surface area contributed by atoms with Crippen LogP contribution in [-0.2, 0) is 24.8 Å². The highest BCUT2D eigenvalue weighted by Crippen LogP contribution is 2.36. The first kappa shape index (κ1) is 31.5. The summed E-state index contributed by atoms with van der Waals surface area (Å²) in [5.41, 5.74) is 5.81. The molecule has 0 radical (unpaired) electrons. The fraction of sp³-hybridized carbons (Fsp3) is 0.257. The Morgan fingerprint density at radius 3 is 2.57 bits per heavy atom. The lowest BCUT2D eigenvalue weighted by molar-refractivity contribution is 0.0220. The van der Waals surface area contributed by atoms with Gasteiger partial charge in [-0.05, 0) is 74.7 Å². The van der Waals surface area contributed by atoms with E-state index in [-0.39, 0.29) is 17.9 Å². The summed E-state index contributed by atoms with van der Waals surface area (Å²) < 4.78 is 14.3. The largest absolute Gasteiger partial charge is 0.444 e. The quantitative estimate of drug-likeness (QED) is 0.147. The number of fused-ring (bicyclic) bond motifs is 2. The first-order chi connectivity index (χ1) is 22.4. The fourth-order valence-electron chi connectivity index (χ4n) is 5.70. The topological polar surface area (TPSA) is 135 Å². The highest BCUT2D eigenvalue weighted by atomic mass is 35.5. The Labute approximate surface area is 276 Å². The first-order valence-electron chi connectivity index (χ1n) is 14.9. The number of amides is 2. The van der Waals surface area contributed by atoms with Crippen LogP contribution in [0.25, 0.3) is 33.7 Å². The number of nitriles is 1. The van der Waals surface area contributed by atoms with Crippen molar-refractivity contribution in [1.82, 2.24) is 19.4 Å². The van der Waals surface area contributed by atoms with E-state index in [1.54, 1.807) is 40.8 Å². The van der Waals surface area contributed by atoms with E-state index >= 15 is 0 Å². The second-order valence-electron chi connectivity index (χ2n) is 12.3. The Hall–Kier alpha value is -5.47. The summed E-state index contributed by atoms with van der Waals surface area (Å²) in [6.45, 7) is 8.05. The zero-order chi connectivity index (χ0) is 33.6. The van der Waals surface area contributed by atoms with Crippen molar-refractivity contribution in [3.05, 3.63) is 88.5 Å². The molecule has 0 saturated heterocycles. The normalized spacial score (nSPS) is 12.8. The van der Waals surface area contributed by atoms with Crippen molar-refractivity contribution >= 4 is 46.9 Å². The number of benzene rings is 3. The van der Waals surface area contributed by atoms with Gasteiger partial charge < -0.3 is 18.6 Å². The predicted molar refractivity (Wildman–Crippen MR) is 176 cm³/mol. The maximum Gasteiger partial charge on any atom is 0.410 e. The summed E-state index contributed by atoms with van der Waals surface area (Å²) in [4.78, 5) is 48.4. The summed E-state index contributed by atoms with van der Waals surface area (Å²) in [5.74, 6) is -0.0392. The van der Waals surface area contributed by atoms with Crippen molar-refractivity contribution < 1.29 is 23.5 Å². The minimum Gasteiger partial charge on any atom is -0.444 e. The maximum atomic E-state index is 13.7. The molecule has 1 aliphatic rings. The minimum atomic E-state index is -0.620. The van der Waals surface area contributed by atoms with Crippen LogP contribution in [0.1, 0.15) is 64.3 Å². The van der Waals surface area contributed by atoms with Crippen LogP contribution >= 0.6 is 11.8 Å². The van der Waals surface area contributed by atoms with E-state index < -0.39 is 17.6 Å². The van der Waals surface area contributed by atoms with Gasteiger partial charge in [0.05, 0.1) is 23.5 Å². The molecule has 6 rings (SSSR count). The number of rotatable bonds is 5. The van der Waals surface area contributed by atoms with E-state index in [2.05, 4.69) is 16.0 Å². The number of oxazole rings is 1. The second kappa shape index (κ2) is 12.0. The van der Waals surface area contributed by atoms with E-state index in [1.165, 1.54) is 6.07 Å². The van der Waals surface area contributed by atoms with Crippen LogP contribution in [0.4, 0.5) is 10.5 Å². The number of carbonyl (C=O) groups excluding carboxylic acids is 3. The number of hydrogen-bond donors (Lipinski definition) is 0. The molecule has 2 aromatic heterocycles. The molecule has 3 aromatic carbocycles. The molecule has 0 aliphatic carbocycles. The summed E-state index contributed by atoms with van der Waals surface area (Å²) >= 11 is 6.67. The third kappa shape index (κ3) is 5.95. The molecule has 238 valence electrons. The van der Waals surface area contributed by atoms with Crippen molar-refractivity contribution in [3.63, 3.8) is 0 Å². The molecule has 2 amide bonds. The molecule has 0 atom stereocenters. The zero-order valence-corrected chi connectivity index (χ0v) is 27.3. The molecule has 47 heavy (non-hydrogen) atoms. The van der Waals surface area contributed by atoms with Gasteiger partial charge in [0.1, 0.15) is 23.5 Å². The van der Waals surface area contributed by atoms with Gasteiger partial charge in [-0.1, -0.05) is 24.3 Å². The monoisotopic (exact) mass is 650 g/mol. The molecular formula is C35H31ClN6O5. The number of halogens is 1. The highest BCUT2D eigenvalue weighted by molar-refractivity contribution is 6.38. The number of aldehydes is 1. The first-order valence-corrected chi connectivity index (χ1v) is 15.2. The van der Waals surface area contributed by atoms with Crippen molar-refractivity contribution in [3.8, 4) is 28.7 Å². The summed E-state index contributed by atoms with van der Waals surface area (Å²) in [6, 6.07) is 18.0. The number of anilines is 1. The molecule has 0 bridgehead atoms. The smallest absolute Gasteiger partial charge is 0.410 e. The van der Waals surface area contributed by atoms with Gasteiger partial charge in [-0.3, -0.25) is 9.59 Å². The van der Waals surface area contributed by atoms with E-state index in [0.717, 1.165) is 26.8 Å². The Bertz CT molecular complexity index is 2120. The molecule has 3 heterocycles. The van der Waals surface area contributed by atoms with Crippen LogP contribution in [0.2, 0.25) is 0 Å². The summed E-state index contributed by atoms with van der Waals surface area (Å²) in [6.07, 6.45) is 0.766. The van der Waals surface area contributed by atoms with Gasteiger partial charge in [0.2, 0.25) is 11.7 Å². The number of ether oxygens (including phenoxy) is 1. The maximum absolute atomic E-state index is 13.7. The molecule has 1 aliphatic heterocycles. The van der Waals surface area contributed by atoms with Crippen LogP contribution in [0, 0.1) is 18.3 Å². The molecule has 0 spiro atoms. The van der Waals surface area contributed by atoms with E-state index in [1.807, 2.05) is 52.0 Å². The van der Waals surface area contributed by atoms with Gasteiger partial charge in [-0.2, -0.15) is 5.26 Å². The zero-order valence-electron chi connectivity index (χ0n) is 26.5. The van der Waals surface area contributed by atoms with Gasteiger partial charge >= 0.3 is 12.0 Å². The van der Waals surface area contributed by atoms with Gasteiger partial charge in [-0.15, -0.1) is 0 Å². The van der Waals surface area contributed by atoms with Crippen molar-refractivity contribution in [2.75, 3.05) is 11.0 Å². The molecule has 0 fully saturated rings. The Kier molecular flexibility index (Phi) is 8.07. The molecule has 0 saturated carbocycles. The number of hydrogen-bond acceptors (Lipinski definition) is 8. The molecular weight excluding hydrogens is 620 g/mol. The number of carbonyl (C=O) groups is 3. The predicted octanol–water partition coefficient (Wildman–Crippen LogP) is 6.98. The van der Waals surface area contributed by atoms with Crippen molar-refractivity contribution in [2.45, 2.75) is 46.3 Å². The molecule has 0 unspecified atom stereocenters. The lowest BCUT2D eigenvalue weighted by Crippen LogP contribution is -2.40. The minimum absolute atomic E-state index is 0.157.